The van der Waals surface area contributed by atoms with E-state index in [1.54, 1.807) is 12.1 Å². The van der Waals surface area contributed by atoms with Gasteiger partial charge in [-0.25, -0.2) is 4.39 Å². The predicted octanol–water partition coefficient (Wildman–Crippen LogP) is 2.74. The molecule has 0 aromatic heterocycles. The van der Waals surface area contributed by atoms with Gasteiger partial charge in [0.1, 0.15) is 24.3 Å². The number of halogens is 1. The van der Waals surface area contributed by atoms with Gasteiger partial charge in [-0.2, -0.15) is 0 Å². The van der Waals surface area contributed by atoms with Gasteiger partial charge >= 0.3 is 5.97 Å². The van der Waals surface area contributed by atoms with E-state index in [0.717, 1.165) is 37.1 Å². The Hall–Kier alpha value is -2.48. The van der Waals surface area contributed by atoms with Crippen molar-refractivity contribution in [2.24, 2.45) is 5.92 Å². The van der Waals surface area contributed by atoms with Crippen molar-refractivity contribution in [3.8, 4) is 5.75 Å². The number of carbonyl (C=O) groups excluding carboxylic acids is 1. The Labute approximate surface area is 183 Å². The highest BCUT2D eigenvalue weighted by Crippen LogP contribution is 2.19. The molecule has 2 N–H and O–H groups in total. The van der Waals surface area contributed by atoms with Gasteiger partial charge in [0, 0.05) is 19.6 Å². The number of aliphatic hydroxyl groups excluding tert-OH is 1. The third-order valence-electron chi connectivity index (χ3n) is 5.50. The Balaban J connectivity index is 1.37. The Bertz CT molecular complexity index is 823. The van der Waals surface area contributed by atoms with Crippen LogP contribution in [0.1, 0.15) is 24.0 Å². The highest BCUT2D eigenvalue weighted by molar-refractivity contribution is 5.72. The number of carbonyl (C=O) groups is 1. The molecule has 0 amide bonds. The van der Waals surface area contributed by atoms with Crippen LogP contribution in [0.15, 0.2) is 48.5 Å². The van der Waals surface area contributed by atoms with Gasteiger partial charge in [-0.3, -0.25) is 4.79 Å². The maximum Gasteiger partial charge on any atom is 0.308 e. The molecule has 1 aliphatic rings. The summed E-state index contributed by atoms with van der Waals surface area (Å²) < 4.78 is 23.6. The molecule has 168 valence electrons. The number of benzene rings is 2. The van der Waals surface area contributed by atoms with Crippen LogP contribution in [0.2, 0.25) is 0 Å². The van der Waals surface area contributed by atoms with Crippen LogP contribution < -0.4 is 10.1 Å². The average Bonchev–Trinajstić information content (AvgIpc) is 2.79. The standard InChI is InChI=1S/C24H31FN2O4/c1-30-24(29)20-9-11-27(12-10-20)16-22(28)17-31-23-4-2-3-19(13-23)15-26-14-18-5-7-21(25)8-6-18/h2-8,13,20,22,26,28H,9-12,14-17H2,1H3/t22-/m1/s1. The van der Waals surface area contributed by atoms with Gasteiger partial charge in [0.15, 0.2) is 0 Å². The number of aliphatic hydroxyl groups is 1. The Morgan fingerprint density at radius 1 is 1.16 bits per heavy atom. The highest BCUT2D eigenvalue weighted by Gasteiger charge is 2.26. The first kappa shape index (κ1) is 23.2. The van der Waals surface area contributed by atoms with Gasteiger partial charge in [0.2, 0.25) is 0 Å². The molecule has 6 nitrogen and oxygen atoms in total. The predicted molar refractivity (Wildman–Crippen MR) is 116 cm³/mol. The van der Waals surface area contributed by atoms with Crippen molar-refractivity contribution in [3.63, 3.8) is 0 Å². The quantitative estimate of drug-likeness (QED) is 0.565. The normalized spacial score (nSPS) is 16.1. The van der Waals surface area contributed by atoms with Crippen LogP contribution in [0.4, 0.5) is 4.39 Å². The SMILES string of the molecule is COC(=O)C1CCN(C[C@@H](O)COc2cccc(CNCc3ccc(F)cc3)c2)CC1. The second kappa shape index (κ2) is 11.8. The van der Waals surface area contributed by atoms with Crippen LogP contribution in [-0.4, -0.2) is 55.4 Å². The Morgan fingerprint density at radius 3 is 2.58 bits per heavy atom. The summed E-state index contributed by atoms with van der Waals surface area (Å²) >= 11 is 0. The van der Waals surface area contributed by atoms with E-state index < -0.39 is 6.10 Å². The lowest BCUT2D eigenvalue weighted by Crippen LogP contribution is -2.42. The molecule has 0 unspecified atom stereocenters. The molecule has 1 saturated heterocycles. The number of hydrogen-bond donors (Lipinski definition) is 2. The minimum absolute atomic E-state index is 0.0333. The minimum atomic E-state index is -0.602. The van der Waals surface area contributed by atoms with Crippen molar-refractivity contribution in [2.45, 2.75) is 32.0 Å². The number of piperidine rings is 1. The fraction of sp³-hybridized carbons (Fsp3) is 0.458. The second-order valence-corrected chi connectivity index (χ2v) is 7.94. The molecule has 1 aliphatic heterocycles. The molecule has 2 aromatic carbocycles. The molecular weight excluding hydrogens is 399 g/mol. The van der Waals surface area contributed by atoms with Gasteiger partial charge in [0.25, 0.3) is 0 Å². The number of esters is 1. The van der Waals surface area contributed by atoms with Gasteiger partial charge in [-0.05, 0) is 61.3 Å². The number of nitrogens with zero attached hydrogens (tertiary/aromatic N) is 1. The molecule has 1 fully saturated rings. The van der Waals surface area contributed by atoms with Crippen molar-refractivity contribution in [1.29, 1.82) is 0 Å². The number of methoxy groups -OCH3 is 1. The summed E-state index contributed by atoms with van der Waals surface area (Å²) in [5.74, 6) is 0.301. The maximum atomic E-state index is 13.0. The third kappa shape index (κ3) is 7.61. The van der Waals surface area contributed by atoms with Crippen molar-refractivity contribution in [2.75, 3.05) is 33.4 Å². The van der Waals surface area contributed by atoms with Crippen LogP contribution in [0.25, 0.3) is 0 Å². The molecule has 1 heterocycles. The van der Waals surface area contributed by atoms with Crippen LogP contribution in [0.5, 0.6) is 5.75 Å². The largest absolute Gasteiger partial charge is 0.491 e. The minimum Gasteiger partial charge on any atom is -0.491 e. The Kier molecular flexibility index (Phi) is 8.82. The van der Waals surface area contributed by atoms with E-state index in [1.165, 1.54) is 19.2 Å². The van der Waals surface area contributed by atoms with Crippen LogP contribution >= 0.6 is 0 Å². The summed E-state index contributed by atoms with van der Waals surface area (Å²) in [7, 11) is 1.42. The summed E-state index contributed by atoms with van der Waals surface area (Å²) in [6.45, 7) is 3.58. The first-order chi connectivity index (χ1) is 15.0. The first-order valence-corrected chi connectivity index (χ1v) is 10.7. The van der Waals surface area contributed by atoms with Gasteiger partial charge < -0.3 is 24.8 Å². The van der Waals surface area contributed by atoms with E-state index in [9.17, 15) is 14.3 Å². The van der Waals surface area contributed by atoms with E-state index in [-0.39, 0.29) is 24.3 Å². The number of β-amino-alcohol motifs (C(OH)–C–C–N with tert-alkyl or cyclic N) is 1. The van der Waals surface area contributed by atoms with Crippen molar-refractivity contribution in [1.82, 2.24) is 10.2 Å². The third-order valence-corrected chi connectivity index (χ3v) is 5.50. The summed E-state index contributed by atoms with van der Waals surface area (Å²) in [5, 5.41) is 13.7. The van der Waals surface area contributed by atoms with E-state index in [0.29, 0.717) is 25.4 Å². The molecule has 3 rings (SSSR count). The van der Waals surface area contributed by atoms with Crippen LogP contribution in [-0.2, 0) is 22.6 Å². The van der Waals surface area contributed by atoms with Gasteiger partial charge in [0.05, 0.1) is 13.0 Å². The summed E-state index contributed by atoms with van der Waals surface area (Å²) in [6, 6.07) is 14.2. The fourth-order valence-electron chi connectivity index (χ4n) is 3.76. The molecule has 0 saturated carbocycles. The van der Waals surface area contributed by atoms with E-state index in [2.05, 4.69) is 10.2 Å². The maximum absolute atomic E-state index is 13.0. The zero-order valence-electron chi connectivity index (χ0n) is 17.9. The molecule has 0 spiro atoms. The lowest BCUT2D eigenvalue weighted by atomic mass is 9.97. The molecule has 2 aromatic rings. The number of ether oxygens (including phenoxy) is 2. The first-order valence-electron chi connectivity index (χ1n) is 10.7. The molecule has 7 heteroatoms. The fourth-order valence-corrected chi connectivity index (χ4v) is 3.76. The zero-order chi connectivity index (χ0) is 22.1. The van der Waals surface area contributed by atoms with Gasteiger partial charge in [-0.1, -0.05) is 24.3 Å². The number of likely N-dealkylation sites (tertiary alicyclic amines) is 1. The van der Waals surface area contributed by atoms with Crippen molar-refractivity contribution in [3.05, 3.63) is 65.5 Å². The smallest absolute Gasteiger partial charge is 0.308 e. The van der Waals surface area contributed by atoms with E-state index >= 15 is 0 Å². The number of rotatable bonds is 10. The number of hydrogen-bond acceptors (Lipinski definition) is 6. The lowest BCUT2D eigenvalue weighted by Gasteiger charge is -2.31. The summed E-state index contributed by atoms with van der Waals surface area (Å²) in [6.07, 6.45) is 0.912. The van der Waals surface area contributed by atoms with Crippen molar-refractivity contribution < 1.29 is 23.8 Å². The summed E-state index contributed by atoms with van der Waals surface area (Å²) in [4.78, 5) is 13.8. The van der Waals surface area contributed by atoms with Crippen LogP contribution in [0.3, 0.4) is 0 Å². The molecule has 0 aliphatic carbocycles. The number of nitrogens with one attached hydrogen (secondary N) is 1. The second-order valence-electron chi connectivity index (χ2n) is 7.94. The van der Waals surface area contributed by atoms with Crippen LogP contribution in [0, 0.1) is 11.7 Å². The topological polar surface area (TPSA) is 71.0 Å². The molecule has 0 radical (unpaired) electrons. The zero-order valence-corrected chi connectivity index (χ0v) is 17.9. The van der Waals surface area contributed by atoms with E-state index in [4.69, 9.17) is 9.47 Å². The highest BCUT2D eigenvalue weighted by atomic mass is 19.1. The molecule has 31 heavy (non-hydrogen) atoms. The average molecular weight is 431 g/mol. The molecule has 0 bridgehead atoms. The van der Waals surface area contributed by atoms with Gasteiger partial charge in [-0.15, -0.1) is 0 Å². The summed E-state index contributed by atoms with van der Waals surface area (Å²) in [5.41, 5.74) is 2.09. The molecule has 1 atom stereocenters. The lowest BCUT2D eigenvalue weighted by molar-refractivity contribution is -0.147. The van der Waals surface area contributed by atoms with Crippen molar-refractivity contribution >= 4 is 5.97 Å². The Morgan fingerprint density at radius 2 is 1.87 bits per heavy atom. The monoisotopic (exact) mass is 430 g/mol. The van der Waals surface area contributed by atoms with E-state index in [1.807, 2.05) is 24.3 Å². The molecular formula is C24H31FN2O4.